The van der Waals surface area contributed by atoms with Crippen LogP contribution in [-0.4, -0.2) is 26.3 Å². The van der Waals surface area contributed by atoms with Crippen molar-refractivity contribution in [3.8, 4) is 0 Å². The Morgan fingerprint density at radius 2 is 2.53 bits per heavy atom. The summed E-state index contributed by atoms with van der Waals surface area (Å²) in [4.78, 5) is 0. The van der Waals surface area contributed by atoms with Crippen molar-refractivity contribution in [1.82, 2.24) is 5.32 Å². The van der Waals surface area contributed by atoms with Gasteiger partial charge < -0.3 is 14.5 Å². The van der Waals surface area contributed by atoms with Gasteiger partial charge in [0, 0.05) is 19.6 Å². The first-order valence-electron chi connectivity index (χ1n) is 5.63. The van der Waals surface area contributed by atoms with Crippen molar-refractivity contribution in [2.75, 3.05) is 20.3 Å². The van der Waals surface area contributed by atoms with E-state index in [-0.39, 0.29) is 0 Å². The Bertz CT molecular complexity index is 269. The first kappa shape index (κ1) is 10.7. The van der Waals surface area contributed by atoms with E-state index in [1.54, 1.807) is 13.4 Å². The van der Waals surface area contributed by atoms with Gasteiger partial charge in [-0.05, 0) is 37.4 Å². The van der Waals surface area contributed by atoms with E-state index in [1.165, 1.54) is 12.8 Å². The highest BCUT2D eigenvalue weighted by Crippen LogP contribution is 2.21. The summed E-state index contributed by atoms with van der Waals surface area (Å²) >= 11 is 0. The summed E-state index contributed by atoms with van der Waals surface area (Å²) < 4.78 is 10.6. The van der Waals surface area contributed by atoms with Crippen LogP contribution in [0.1, 0.15) is 18.6 Å². The lowest BCUT2D eigenvalue weighted by atomic mass is 9.89. The summed E-state index contributed by atoms with van der Waals surface area (Å²) in [7, 11) is 1.76. The third kappa shape index (κ3) is 3.08. The van der Waals surface area contributed by atoms with E-state index in [0.29, 0.717) is 6.04 Å². The predicted octanol–water partition coefficient (Wildman–Crippen LogP) is 1.84. The highest BCUT2D eigenvalue weighted by molar-refractivity contribution is 5.00. The molecule has 1 aromatic heterocycles. The lowest BCUT2D eigenvalue weighted by Crippen LogP contribution is -2.41. The van der Waals surface area contributed by atoms with Gasteiger partial charge in [0.25, 0.3) is 0 Å². The van der Waals surface area contributed by atoms with Gasteiger partial charge in [-0.3, -0.25) is 0 Å². The number of hydrogen-bond acceptors (Lipinski definition) is 3. The predicted molar refractivity (Wildman–Crippen MR) is 58.8 cm³/mol. The molecule has 0 aliphatic carbocycles. The molecule has 0 aromatic carbocycles. The fraction of sp³-hybridized carbons (Fsp3) is 0.667. The molecule has 2 unspecified atom stereocenters. The quantitative estimate of drug-likeness (QED) is 0.821. The number of rotatable bonds is 4. The van der Waals surface area contributed by atoms with E-state index in [9.17, 15) is 0 Å². The smallest absolute Gasteiger partial charge is 0.104 e. The molecular formula is C12H19NO2. The van der Waals surface area contributed by atoms with Gasteiger partial charge in [0.15, 0.2) is 0 Å². The summed E-state index contributed by atoms with van der Waals surface area (Å²) in [5, 5.41) is 3.47. The van der Waals surface area contributed by atoms with Crippen molar-refractivity contribution in [2.45, 2.75) is 25.3 Å². The fourth-order valence-corrected chi connectivity index (χ4v) is 2.32. The molecule has 84 valence electrons. The minimum Gasteiger partial charge on any atom is -0.469 e. The maximum absolute atomic E-state index is 5.38. The van der Waals surface area contributed by atoms with Gasteiger partial charge in [0.2, 0.25) is 0 Å². The van der Waals surface area contributed by atoms with E-state index >= 15 is 0 Å². The molecule has 15 heavy (non-hydrogen) atoms. The second-order valence-electron chi connectivity index (χ2n) is 4.28. The molecule has 2 heterocycles. The average molecular weight is 209 g/mol. The van der Waals surface area contributed by atoms with Crippen LogP contribution in [0.5, 0.6) is 0 Å². The second-order valence-corrected chi connectivity index (χ2v) is 4.28. The second kappa shape index (κ2) is 5.33. The molecule has 0 radical (unpaired) electrons. The van der Waals surface area contributed by atoms with Crippen LogP contribution in [0.25, 0.3) is 0 Å². The van der Waals surface area contributed by atoms with E-state index in [1.807, 2.05) is 6.07 Å². The third-order valence-corrected chi connectivity index (χ3v) is 3.04. The fourth-order valence-electron chi connectivity index (χ4n) is 2.32. The van der Waals surface area contributed by atoms with E-state index < -0.39 is 0 Å². The average Bonchev–Trinajstić information content (AvgIpc) is 2.71. The normalized spacial score (nSPS) is 26.7. The van der Waals surface area contributed by atoms with Crippen molar-refractivity contribution >= 4 is 0 Å². The zero-order valence-corrected chi connectivity index (χ0v) is 9.24. The van der Waals surface area contributed by atoms with Crippen molar-refractivity contribution in [1.29, 1.82) is 0 Å². The lowest BCUT2D eigenvalue weighted by molar-refractivity contribution is 0.138. The topological polar surface area (TPSA) is 34.4 Å². The van der Waals surface area contributed by atoms with Gasteiger partial charge in [0.05, 0.1) is 12.9 Å². The van der Waals surface area contributed by atoms with Gasteiger partial charge >= 0.3 is 0 Å². The Hall–Kier alpha value is -0.800. The molecule has 2 atom stereocenters. The Morgan fingerprint density at radius 1 is 1.60 bits per heavy atom. The largest absolute Gasteiger partial charge is 0.469 e. The molecule has 1 aliphatic heterocycles. The zero-order valence-electron chi connectivity index (χ0n) is 9.24. The van der Waals surface area contributed by atoms with Crippen LogP contribution in [0, 0.1) is 5.92 Å². The molecule has 0 amide bonds. The summed E-state index contributed by atoms with van der Waals surface area (Å²) in [6.45, 7) is 1.91. The lowest BCUT2D eigenvalue weighted by Gasteiger charge is -2.29. The summed E-state index contributed by atoms with van der Waals surface area (Å²) in [6.07, 6.45) is 5.24. The molecule has 2 rings (SSSR count). The summed E-state index contributed by atoms with van der Waals surface area (Å²) in [6, 6.07) is 4.54. The van der Waals surface area contributed by atoms with Crippen molar-refractivity contribution in [2.24, 2.45) is 5.92 Å². The van der Waals surface area contributed by atoms with Crippen LogP contribution < -0.4 is 5.32 Å². The highest BCUT2D eigenvalue weighted by Gasteiger charge is 2.22. The zero-order chi connectivity index (χ0) is 10.5. The van der Waals surface area contributed by atoms with Crippen molar-refractivity contribution in [3.05, 3.63) is 24.2 Å². The van der Waals surface area contributed by atoms with E-state index in [0.717, 1.165) is 31.3 Å². The molecule has 1 saturated heterocycles. The van der Waals surface area contributed by atoms with E-state index in [2.05, 4.69) is 11.4 Å². The SMILES string of the molecule is COCC1CC(Cc2ccco2)CCN1. The van der Waals surface area contributed by atoms with Gasteiger partial charge in [-0.15, -0.1) is 0 Å². The Kier molecular flexibility index (Phi) is 3.80. The van der Waals surface area contributed by atoms with Crippen LogP contribution in [-0.2, 0) is 11.2 Å². The Labute approximate surface area is 90.8 Å². The highest BCUT2D eigenvalue weighted by atomic mass is 16.5. The number of methoxy groups -OCH3 is 1. The van der Waals surface area contributed by atoms with Gasteiger partial charge in [-0.2, -0.15) is 0 Å². The molecule has 3 nitrogen and oxygen atoms in total. The number of furan rings is 1. The standard InChI is InChI=1S/C12H19NO2/c1-14-9-11-7-10(4-5-13-11)8-12-3-2-6-15-12/h2-3,6,10-11,13H,4-5,7-9H2,1H3. The maximum Gasteiger partial charge on any atom is 0.104 e. The van der Waals surface area contributed by atoms with Crippen molar-refractivity contribution in [3.63, 3.8) is 0 Å². The number of hydrogen-bond donors (Lipinski definition) is 1. The first-order valence-corrected chi connectivity index (χ1v) is 5.63. The molecular weight excluding hydrogens is 190 g/mol. The molecule has 1 fully saturated rings. The molecule has 0 saturated carbocycles. The van der Waals surface area contributed by atoms with Crippen LogP contribution in [0.15, 0.2) is 22.8 Å². The van der Waals surface area contributed by atoms with Crippen LogP contribution in [0.3, 0.4) is 0 Å². The minimum absolute atomic E-state index is 0.517. The first-order chi connectivity index (χ1) is 7.38. The number of ether oxygens (including phenoxy) is 1. The molecule has 0 spiro atoms. The molecule has 1 N–H and O–H groups in total. The summed E-state index contributed by atoms with van der Waals surface area (Å²) in [5.74, 6) is 1.84. The Morgan fingerprint density at radius 3 is 3.27 bits per heavy atom. The molecule has 1 aromatic rings. The van der Waals surface area contributed by atoms with Crippen LogP contribution in [0.2, 0.25) is 0 Å². The third-order valence-electron chi connectivity index (χ3n) is 3.04. The van der Waals surface area contributed by atoms with Gasteiger partial charge in [0.1, 0.15) is 5.76 Å². The number of nitrogens with one attached hydrogen (secondary N) is 1. The minimum atomic E-state index is 0.517. The molecule has 0 bridgehead atoms. The monoisotopic (exact) mass is 209 g/mol. The van der Waals surface area contributed by atoms with Crippen molar-refractivity contribution < 1.29 is 9.15 Å². The van der Waals surface area contributed by atoms with Crippen LogP contribution >= 0.6 is 0 Å². The van der Waals surface area contributed by atoms with Gasteiger partial charge in [-0.25, -0.2) is 0 Å². The van der Waals surface area contributed by atoms with Gasteiger partial charge in [-0.1, -0.05) is 0 Å². The molecule has 1 aliphatic rings. The number of piperidine rings is 1. The molecule has 3 heteroatoms. The summed E-state index contributed by atoms with van der Waals surface area (Å²) in [5.41, 5.74) is 0. The maximum atomic E-state index is 5.38. The van der Waals surface area contributed by atoms with Crippen LogP contribution in [0.4, 0.5) is 0 Å². The Balaban J connectivity index is 1.82. The van der Waals surface area contributed by atoms with E-state index in [4.69, 9.17) is 9.15 Å².